The number of aromatic nitrogens is 4. The number of hydrogen-bond donors (Lipinski definition) is 0. The van der Waals surface area contributed by atoms with Crippen LogP contribution in [-0.4, -0.2) is 44.9 Å². The molecule has 6 nitrogen and oxygen atoms in total. The van der Waals surface area contributed by atoms with Crippen molar-refractivity contribution in [2.45, 2.75) is 25.3 Å². The highest BCUT2D eigenvalue weighted by Crippen LogP contribution is 2.29. The summed E-state index contributed by atoms with van der Waals surface area (Å²) in [5.74, 6) is 2.29. The number of nitrogens with zero attached hydrogens (tertiary/aromatic N) is 5. The number of fused-ring (bicyclic) bond motifs is 1. The summed E-state index contributed by atoms with van der Waals surface area (Å²) in [6, 6.07) is 16.5. The maximum Gasteiger partial charge on any atom is 0.177 e. The summed E-state index contributed by atoms with van der Waals surface area (Å²) < 4.78 is 7.29. The average Bonchev–Trinajstić information content (AvgIpc) is 3.44. The third-order valence-corrected chi connectivity index (χ3v) is 6.45. The molecule has 1 fully saturated rings. The molecule has 1 saturated heterocycles. The van der Waals surface area contributed by atoms with Crippen molar-refractivity contribution in [3.05, 3.63) is 65.3 Å². The number of likely N-dealkylation sites (tertiary alicyclic amines) is 1. The third kappa shape index (κ3) is 3.75. The number of benzene rings is 1. The van der Waals surface area contributed by atoms with Crippen LogP contribution in [0.4, 0.5) is 0 Å². The zero-order valence-corrected chi connectivity index (χ0v) is 17.2. The Bertz CT molecular complexity index is 1100. The van der Waals surface area contributed by atoms with Crippen LogP contribution in [0.2, 0.25) is 0 Å². The molecule has 0 unspecified atom stereocenters. The first kappa shape index (κ1) is 18.3. The van der Waals surface area contributed by atoms with Crippen molar-refractivity contribution in [2.24, 2.45) is 0 Å². The van der Waals surface area contributed by atoms with Gasteiger partial charge in [-0.15, -0.1) is 21.5 Å². The predicted octanol–water partition coefficient (Wildman–Crippen LogP) is 4.24. The van der Waals surface area contributed by atoms with E-state index in [9.17, 15) is 0 Å². The second kappa shape index (κ2) is 7.93. The van der Waals surface area contributed by atoms with Crippen molar-refractivity contribution >= 4 is 17.0 Å². The monoisotopic (exact) mass is 405 g/mol. The molecule has 4 aromatic rings. The van der Waals surface area contributed by atoms with Crippen molar-refractivity contribution in [2.75, 3.05) is 20.2 Å². The molecule has 1 aromatic carbocycles. The maximum absolute atomic E-state index is 5.34. The van der Waals surface area contributed by atoms with E-state index in [4.69, 9.17) is 9.84 Å². The fraction of sp³-hybridized carbons (Fsp3) is 0.318. The van der Waals surface area contributed by atoms with Gasteiger partial charge in [0.15, 0.2) is 11.5 Å². The second-order valence-corrected chi connectivity index (χ2v) is 8.37. The lowest BCUT2D eigenvalue weighted by Crippen LogP contribution is -2.33. The summed E-state index contributed by atoms with van der Waals surface area (Å²) in [5, 5.41) is 15.7. The van der Waals surface area contributed by atoms with Crippen LogP contribution in [0.15, 0.2) is 53.9 Å². The van der Waals surface area contributed by atoms with E-state index >= 15 is 0 Å². The second-order valence-electron chi connectivity index (χ2n) is 7.43. The first-order valence-corrected chi connectivity index (χ1v) is 10.8. The first-order valence-electron chi connectivity index (χ1n) is 9.92. The van der Waals surface area contributed by atoms with Crippen molar-refractivity contribution < 1.29 is 4.74 Å². The van der Waals surface area contributed by atoms with Gasteiger partial charge in [0.1, 0.15) is 11.4 Å². The zero-order chi connectivity index (χ0) is 19.6. The van der Waals surface area contributed by atoms with E-state index in [-0.39, 0.29) is 0 Å². The lowest BCUT2D eigenvalue weighted by molar-refractivity contribution is 0.200. The Morgan fingerprint density at radius 1 is 1.07 bits per heavy atom. The van der Waals surface area contributed by atoms with E-state index in [0.717, 1.165) is 55.4 Å². The van der Waals surface area contributed by atoms with Crippen molar-refractivity contribution in [3.8, 4) is 16.3 Å². The van der Waals surface area contributed by atoms with Gasteiger partial charge in [-0.3, -0.25) is 4.90 Å². The van der Waals surface area contributed by atoms with Gasteiger partial charge in [0.2, 0.25) is 0 Å². The van der Waals surface area contributed by atoms with Gasteiger partial charge in [-0.25, -0.2) is 0 Å². The Morgan fingerprint density at radius 2 is 1.97 bits per heavy atom. The van der Waals surface area contributed by atoms with Gasteiger partial charge in [0, 0.05) is 12.5 Å². The molecule has 7 heteroatoms. The van der Waals surface area contributed by atoms with Crippen LogP contribution in [0.25, 0.3) is 16.2 Å². The molecular weight excluding hydrogens is 382 g/mol. The SMILES string of the molecule is COc1cccc(CN2CCC(c3nnc4ccc(-c5cccs5)nn34)CC2)c1. The molecule has 0 bridgehead atoms. The number of piperidine rings is 1. The van der Waals surface area contributed by atoms with Gasteiger partial charge < -0.3 is 4.74 Å². The minimum Gasteiger partial charge on any atom is -0.497 e. The van der Waals surface area contributed by atoms with E-state index in [0.29, 0.717) is 5.92 Å². The molecule has 3 aromatic heterocycles. The third-order valence-electron chi connectivity index (χ3n) is 5.55. The number of thiophene rings is 1. The molecule has 4 heterocycles. The molecule has 0 atom stereocenters. The van der Waals surface area contributed by atoms with Gasteiger partial charge in [0.25, 0.3) is 0 Å². The molecule has 0 amide bonds. The van der Waals surface area contributed by atoms with E-state index in [1.54, 1.807) is 18.4 Å². The van der Waals surface area contributed by atoms with Crippen LogP contribution in [-0.2, 0) is 6.54 Å². The van der Waals surface area contributed by atoms with E-state index in [1.807, 2.05) is 22.7 Å². The quantitative estimate of drug-likeness (QED) is 0.497. The fourth-order valence-electron chi connectivity index (χ4n) is 3.99. The van der Waals surface area contributed by atoms with Crippen LogP contribution in [0.1, 0.15) is 30.1 Å². The van der Waals surface area contributed by atoms with Crippen molar-refractivity contribution in [1.29, 1.82) is 0 Å². The van der Waals surface area contributed by atoms with Crippen LogP contribution < -0.4 is 4.74 Å². The van der Waals surface area contributed by atoms with Gasteiger partial charge in [-0.1, -0.05) is 18.2 Å². The van der Waals surface area contributed by atoms with Crippen LogP contribution in [0, 0.1) is 0 Å². The summed E-state index contributed by atoms with van der Waals surface area (Å²) in [7, 11) is 1.71. The fourth-order valence-corrected chi connectivity index (χ4v) is 4.68. The number of rotatable bonds is 5. The minimum absolute atomic E-state index is 0.387. The normalized spacial score (nSPS) is 15.8. The van der Waals surface area contributed by atoms with Crippen molar-refractivity contribution in [1.82, 2.24) is 24.7 Å². The highest BCUT2D eigenvalue weighted by Gasteiger charge is 2.25. The summed E-state index contributed by atoms with van der Waals surface area (Å²) in [6.45, 7) is 3.04. The summed E-state index contributed by atoms with van der Waals surface area (Å²) in [5.41, 5.74) is 3.08. The van der Waals surface area contributed by atoms with E-state index < -0.39 is 0 Å². The zero-order valence-electron chi connectivity index (χ0n) is 16.4. The number of methoxy groups -OCH3 is 1. The molecule has 1 aliphatic rings. The van der Waals surface area contributed by atoms with Crippen molar-refractivity contribution in [3.63, 3.8) is 0 Å². The number of hydrogen-bond acceptors (Lipinski definition) is 6. The highest BCUT2D eigenvalue weighted by molar-refractivity contribution is 7.13. The lowest BCUT2D eigenvalue weighted by atomic mass is 9.95. The van der Waals surface area contributed by atoms with E-state index in [2.05, 4.69) is 50.8 Å². The van der Waals surface area contributed by atoms with Gasteiger partial charge in [0.05, 0.1) is 12.0 Å². The first-order chi connectivity index (χ1) is 14.3. The lowest BCUT2D eigenvalue weighted by Gasteiger charge is -2.31. The summed E-state index contributed by atoms with van der Waals surface area (Å²) in [6.07, 6.45) is 2.13. The predicted molar refractivity (Wildman–Crippen MR) is 114 cm³/mol. The molecule has 29 heavy (non-hydrogen) atoms. The Kier molecular flexibility index (Phi) is 4.99. The Labute approximate surface area is 173 Å². The Hall–Kier alpha value is -2.77. The number of ether oxygens (including phenoxy) is 1. The molecule has 0 aliphatic carbocycles. The molecule has 1 aliphatic heterocycles. The summed E-state index contributed by atoms with van der Waals surface area (Å²) in [4.78, 5) is 3.67. The molecule has 148 valence electrons. The van der Waals surface area contributed by atoms with Crippen LogP contribution in [0.3, 0.4) is 0 Å². The molecule has 5 rings (SSSR count). The molecule has 0 radical (unpaired) electrons. The summed E-state index contributed by atoms with van der Waals surface area (Å²) >= 11 is 1.70. The molecule has 0 saturated carbocycles. The van der Waals surface area contributed by atoms with Crippen LogP contribution in [0.5, 0.6) is 5.75 Å². The van der Waals surface area contributed by atoms with Crippen LogP contribution >= 0.6 is 11.3 Å². The van der Waals surface area contributed by atoms with Gasteiger partial charge >= 0.3 is 0 Å². The molecule has 0 N–H and O–H groups in total. The smallest absolute Gasteiger partial charge is 0.177 e. The van der Waals surface area contributed by atoms with Gasteiger partial charge in [-0.2, -0.15) is 9.61 Å². The Balaban J connectivity index is 1.30. The van der Waals surface area contributed by atoms with E-state index in [1.165, 1.54) is 10.4 Å². The van der Waals surface area contributed by atoms with Gasteiger partial charge in [-0.05, 0) is 67.2 Å². The average molecular weight is 406 g/mol. The molecular formula is C22H23N5OS. The maximum atomic E-state index is 5.34. The largest absolute Gasteiger partial charge is 0.497 e. The topological polar surface area (TPSA) is 55.5 Å². The molecule has 0 spiro atoms. The minimum atomic E-state index is 0.387. The highest BCUT2D eigenvalue weighted by atomic mass is 32.1. The Morgan fingerprint density at radius 3 is 2.76 bits per heavy atom. The standard InChI is InChI=1S/C22H23N5OS/c1-28-18-5-2-4-16(14-18)15-26-11-9-17(10-12-26)22-24-23-21-8-7-19(25-27(21)22)20-6-3-13-29-20/h2-8,13-14,17H,9-12,15H2,1H3.